The topological polar surface area (TPSA) is 20.3 Å². The van der Waals surface area contributed by atoms with Crippen molar-refractivity contribution in [2.24, 2.45) is 0 Å². The fourth-order valence-electron chi connectivity index (χ4n) is 1.24. The SMILES string of the molecule is O=C(Cc1cccs1)N(CCCl)CCCl. The minimum absolute atomic E-state index is 0.0961. The van der Waals surface area contributed by atoms with Gasteiger partial charge in [0.1, 0.15) is 0 Å². The Balaban J connectivity index is 2.48. The lowest BCUT2D eigenvalue weighted by Gasteiger charge is -2.20. The Morgan fingerprint density at radius 2 is 2.00 bits per heavy atom. The van der Waals surface area contributed by atoms with Gasteiger partial charge in [-0.05, 0) is 11.4 Å². The third-order valence-electron chi connectivity index (χ3n) is 1.97. The van der Waals surface area contributed by atoms with Crippen LogP contribution in [0.15, 0.2) is 17.5 Å². The first-order chi connectivity index (χ1) is 7.27. The highest BCUT2D eigenvalue weighted by molar-refractivity contribution is 7.10. The maximum absolute atomic E-state index is 11.8. The molecular formula is C10H13Cl2NOS. The summed E-state index contributed by atoms with van der Waals surface area (Å²) in [5.41, 5.74) is 0. The van der Waals surface area contributed by atoms with Gasteiger partial charge in [0.15, 0.2) is 0 Å². The molecule has 0 aromatic carbocycles. The molecule has 0 unspecified atom stereocenters. The van der Waals surface area contributed by atoms with Crippen LogP contribution in [0, 0.1) is 0 Å². The van der Waals surface area contributed by atoms with Crippen molar-refractivity contribution in [3.63, 3.8) is 0 Å². The van der Waals surface area contributed by atoms with Gasteiger partial charge < -0.3 is 4.90 Å². The average Bonchev–Trinajstić information content (AvgIpc) is 2.70. The van der Waals surface area contributed by atoms with E-state index in [2.05, 4.69) is 0 Å². The molecule has 0 aliphatic heterocycles. The molecule has 2 nitrogen and oxygen atoms in total. The third kappa shape index (κ3) is 4.41. The van der Waals surface area contributed by atoms with E-state index in [1.165, 1.54) is 0 Å². The van der Waals surface area contributed by atoms with Crippen LogP contribution in [-0.2, 0) is 11.2 Å². The van der Waals surface area contributed by atoms with E-state index in [0.29, 0.717) is 31.3 Å². The summed E-state index contributed by atoms with van der Waals surface area (Å²) in [4.78, 5) is 14.6. The minimum atomic E-state index is 0.0961. The van der Waals surface area contributed by atoms with Crippen molar-refractivity contribution in [2.45, 2.75) is 6.42 Å². The highest BCUT2D eigenvalue weighted by Gasteiger charge is 2.12. The minimum Gasteiger partial charge on any atom is -0.340 e. The lowest BCUT2D eigenvalue weighted by Crippen LogP contribution is -2.35. The maximum atomic E-state index is 11.8. The van der Waals surface area contributed by atoms with Gasteiger partial charge in [-0.15, -0.1) is 34.5 Å². The highest BCUT2D eigenvalue weighted by atomic mass is 35.5. The average molecular weight is 266 g/mol. The Morgan fingerprint density at radius 3 is 2.47 bits per heavy atom. The van der Waals surface area contributed by atoms with Gasteiger partial charge in [0.2, 0.25) is 5.91 Å². The molecule has 0 aliphatic carbocycles. The van der Waals surface area contributed by atoms with Crippen LogP contribution in [0.2, 0.25) is 0 Å². The van der Waals surface area contributed by atoms with Crippen LogP contribution < -0.4 is 0 Å². The predicted octanol–water partition coefficient (Wildman–Crippen LogP) is 2.60. The van der Waals surface area contributed by atoms with E-state index < -0.39 is 0 Å². The molecule has 0 N–H and O–H groups in total. The van der Waals surface area contributed by atoms with Gasteiger partial charge >= 0.3 is 0 Å². The monoisotopic (exact) mass is 265 g/mol. The predicted molar refractivity (Wildman–Crippen MR) is 66.0 cm³/mol. The summed E-state index contributed by atoms with van der Waals surface area (Å²) in [6.07, 6.45) is 0.450. The molecule has 15 heavy (non-hydrogen) atoms. The number of nitrogens with zero attached hydrogens (tertiary/aromatic N) is 1. The molecule has 0 atom stereocenters. The number of alkyl halides is 2. The zero-order valence-electron chi connectivity index (χ0n) is 8.29. The van der Waals surface area contributed by atoms with Crippen LogP contribution in [0.25, 0.3) is 0 Å². The van der Waals surface area contributed by atoms with Gasteiger partial charge in [-0.25, -0.2) is 0 Å². The van der Waals surface area contributed by atoms with E-state index in [0.717, 1.165) is 4.88 Å². The number of halogens is 2. The van der Waals surface area contributed by atoms with E-state index in [1.54, 1.807) is 16.2 Å². The summed E-state index contributed by atoms with van der Waals surface area (Å²) in [6.45, 7) is 1.14. The van der Waals surface area contributed by atoms with Gasteiger partial charge in [0.05, 0.1) is 6.42 Å². The fourth-order valence-corrected chi connectivity index (χ4v) is 2.34. The molecule has 0 aliphatic rings. The number of thiophene rings is 1. The van der Waals surface area contributed by atoms with E-state index in [4.69, 9.17) is 23.2 Å². The lowest BCUT2D eigenvalue weighted by atomic mass is 10.3. The number of hydrogen-bond donors (Lipinski definition) is 0. The van der Waals surface area contributed by atoms with E-state index in [-0.39, 0.29) is 5.91 Å². The zero-order chi connectivity index (χ0) is 11.1. The number of carbonyl (C=O) groups excluding carboxylic acids is 1. The molecule has 0 saturated heterocycles. The number of hydrogen-bond acceptors (Lipinski definition) is 2. The summed E-state index contributed by atoms with van der Waals surface area (Å²) in [6, 6.07) is 3.91. The Morgan fingerprint density at radius 1 is 1.33 bits per heavy atom. The first-order valence-corrected chi connectivity index (χ1v) is 6.65. The molecule has 0 radical (unpaired) electrons. The smallest absolute Gasteiger partial charge is 0.227 e. The van der Waals surface area contributed by atoms with Crippen molar-refractivity contribution in [1.29, 1.82) is 0 Å². The van der Waals surface area contributed by atoms with Crippen molar-refractivity contribution in [3.8, 4) is 0 Å². The molecule has 5 heteroatoms. The van der Waals surface area contributed by atoms with Crippen LogP contribution in [0.3, 0.4) is 0 Å². The number of rotatable bonds is 6. The molecule has 0 spiro atoms. The summed E-state index contributed by atoms with van der Waals surface area (Å²) in [7, 11) is 0. The first-order valence-electron chi connectivity index (χ1n) is 4.70. The van der Waals surface area contributed by atoms with Crippen LogP contribution in [0.5, 0.6) is 0 Å². The number of amides is 1. The van der Waals surface area contributed by atoms with Crippen molar-refractivity contribution >= 4 is 40.4 Å². The quantitative estimate of drug-likeness (QED) is 0.725. The van der Waals surface area contributed by atoms with Crippen LogP contribution in [-0.4, -0.2) is 35.7 Å². The van der Waals surface area contributed by atoms with E-state index in [9.17, 15) is 4.79 Å². The second kappa shape index (κ2) is 7.09. The molecule has 1 aromatic rings. The molecule has 1 rings (SSSR count). The normalized spacial score (nSPS) is 10.3. The summed E-state index contributed by atoms with van der Waals surface area (Å²) in [5.74, 6) is 0.999. The second-order valence-corrected chi connectivity index (χ2v) is 4.80. The maximum Gasteiger partial charge on any atom is 0.227 e. The summed E-state index contributed by atoms with van der Waals surface area (Å²) < 4.78 is 0. The Hall–Kier alpha value is -0.250. The molecule has 0 fully saturated rings. The van der Waals surface area contributed by atoms with Crippen LogP contribution >= 0.6 is 34.5 Å². The third-order valence-corrected chi connectivity index (χ3v) is 3.18. The molecule has 1 aromatic heterocycles. The van der Waals surface area contributed by atoms with E-state index in [1.807, 2.05) is 17.5 Å². The van der Waals surface area contributed by atoms with Crippen molar-refractivity contribution < 1.29 is 4.79 Å². The van der Waals surface area contributed by atoms with Crippen molar-refractivity contribution in [2.75, 3.05) is 24.8 Å². The molecule has 1 heterocycles. The van der Waals surface area contributed by atoms with Crippen molar-refractivity contribution in [1.82, 2.24) is 4.90 Å². The molecule has 0 bridgehead atoms. The van der Waals surface area contributed by atoms with Crippen LogP contribution in [0.4, 0.5) is 0 Å². The fraction of sp³-hybridized carbons (Fsp3) is 0.500. The second-order valence-electron chi connectivity index (χ2n) is 3.01. The van der Waals surface area contributed by atoms with E-state index >= 15 is 0 Å². The molecular weight excluding hydrogens is 253 g/mol. The Labute approximate surface area is 104 Å². The first kappa shape index (κ1) is 12.8. The molecule has 84 valence electrons. The largest absolute Gasteiger partial charge is 0.340 e. The van der Waals surface area contributed by atoms with Crippen LogP contribution in [0.1, 0.15) is 4.88 Å². The lowest BCUT2D eigenvalue weighted by molar-refractivity contribution is -0.129. The highest BCUT2D eigenvalue weighted by Crippen LogP contribution is 2.10. The van der Waals surface area contributed by atoms with Gasteiger partial charge in [0.25, 0.3) is 0 Å². The van der Waals surface area contributed by atoms with Gasteiger partial charge in [-0.1, -0.05) is 6.07 Å². The molecule has 1 amide bonds. The van der Waals surface area contributed by atoms with Gasteiger partial charge in [-0.2, -0.15) is 0 Å². The van der Waals surface area contributed by atoms with Crippen molar-refractivity contribution in [3.05, 3.63) is 22.4 Å². The number of carbonyl (C=O) groups is 1. The summed E-state index contributed by atoms with van der Waals surface area (Å²) >= 11 is 12.8. The van der Waals surface area contributed by atoms with Gasteiger partial charge in [-0.3, -0.25) is 4.79 Å². The summed E-state index contributed by atoms with van der Waals surface area (Å²) in [5, 5.41) is 1.97. The zero-order valence-corrected chi connectivity index (χ0v) is 10.6. The standard InChI is InChI=1S/C10H13Cl2NOS/c11-3-5-13(6-4-12)10(14)8-9-2-1-7-15-9/h1-2,7H,3-6,8H2. The molecule has 0 saturated carbocycles. The van der Waals surface area contributed by atoms with Gasteiger partial charge in [0, 0.05) is 29.7 Å². The Kier molecular flexibility index (Phi) is 6.06. The Bertz CT molecular complexity index is 284.